The van der Waals surface area contributed by atoms with E-state index in [1.165, 1.54) is 6.92 Å². The van der Waals surface area contributed by atoms with Crippen molar-refractivity contribution in [1.29, 1.82) is 5.41 Å². The van der Waals surface area contributed by atoms with Crippen LogP contribution in [0.4, 0.5) is 0 Å². The monoisotopic (exact) mass is 217 g/mol. The first-order valence-electron chi connectivity index (χ1n) is 4.76. The molecule has 6 heteroatoms. The normalized spacial score (nSPS) is 16.6. The Hall–Kier alpha value is -0.980. The molecule has 88 valence electrons. The van der Waals surface area contributed by atoms with Gasteiger partial charge < -0.3 is 20.8 Å². The van der Waals surface area contributed by atoms with Crippen molar-refractivity contribution in [3.8, 4) is 0 Å². The highest BCUT2D eigenvalue weighted by atomic mass is 16.3. The van der Waals surface area contributed by atoms with E-state index in [4.69, 9.17) is 10.5 Å². The van der Waals surface area contributed by atoms with E-state index in [1.807, 2.05) is 0 Å². The highest BCUT2D eigenvalue weighted by Crippen LogP contribution is 1.99. The van der Waals surface area contributed by atoms with Gasteiger partial charge in [0, 0.05) is 6.04 Å². The van der Waals surface area contributed by atoms with Crippen LogP contribution in [0.25, 0.3) is 0 Å². The third-order valence-corrected chi connectivity index (χ3v) is 2.23. The lowest BCUT2D eigenvalue weighted by Gasteiger charge is -2.26. The average molecular weight is 217 g/mol. The van der Waals surface area contributed by atoms with Crippen molar-refractivity contribution >= 4 is 11.6 Å². The quantitative estimate of drug-likeness (QED) is 0.348. The van der Waals surface area contributed by atoms with E-state index in [9.17, 15) is 9.90 Å². The number of aliphatic hydroxyl groups excluding tert-OH is 2. The zero-order chi connectivity index (χ0) is 12.0. The summed E-state index contributed by atoms with van der Waals surface area (Å²) in [7, 11) is 1.67. The van der Waals surface area contributed by atoms with Gasteiger partial charge in [-0.3, -0.25) is 10.2 Å². The summed E-state index contributed by atoms with van der Waals surface area (Å²) in [6, 6.07) is -1.02. The predicted octanol–water partition coefficient (Wildman–Crippen LogP) is -1.53. The van der Waals surface area contributed by atoms with E-state index in [1.54, 1.807) is 14.0 Å². The molecule has 0 bridgehead atoms. The fourth-order valence-electron chi connectivity index (χ4n) is 1.03. The summed E-state index contributed by atoms with van der Waals surface area (Å²) in [5, 5.41) is 31.0. The van der Waals surface area contributed by atoms with Gasteiger partial charge in [-0.25, -0.2) is 0 Å². The van der Waals surface area contributed by atoms with Crippen molar-refractivity contribution in [1.82, 2.24) is 10.6 Å². The van der Waals surface area contributed by atoms with Gasteiger partial charge >= 0.3 is 0 Å². The van der Waals surface area contributed by atoms with Crippen molar-refractivity contribution < 1.29 is 15.0 Å². The fourth-order valence-corrected chi connectivity index (χ4v) is 1.03. The van der Waals surface area contributed by atoms with Gasteiger partial charge in [0.1, 0.15) is 0 Å². The van der Waals surface area contributed by atoms with Crippen molar-refractivity contribution in [2.24, 2.45) is 0 Å². The molecule has 0 aromatic heterocycles. The molecule has 0 aromatic rings. The zero-order valence-corrected chi connectivity index (χ0v) is 9.24. The molecule has 0 saturated heterocycles. The molecule has 0 aliphatic carbocycles. The van der Waals surface area contributed by atoms with Gasteiger partial charge in [0.05, 0.1) is 24.5 Å². The molecule has 5 N–H and O–H groups in total. The number of amides is 1. The summed E-state index contributed by atoms with van der Waals surface area (Å²) in [6.07, 6.45) is -0.900. The topological polar surface area (TPSA) is 105 Å². The maximum atomic E-state index is 11.1. The lowest BCUT2D eigenvalue weighted by Crippen LogP contribution is -2.53. The van der Waals surface area contributed by atoms with Gasteiger partial charge in [0.15, 0.2) is 0 Å². The molecule has 0 saturated carbocycles. The van der Waals surface area contributed by atoms with E-state index >= 15 is 0 Å². The van der Waals surface area contributed by atoms with Crippen molar-refractivity contribution in [2.75, 3.05) is 13.7 Å². The second-order valence-electron chi connectivity index (χ2n) is 3.46. The Bertz CT molecular complexity index is 233. The number of hydrogen-bond donors (Lipinski definition) is 5. The van der Waals surface area contributed by atoms with Crippen LogP contribution in [-0.4, -0.2) is 53.7 Å². The molecule has 0 heterocycles. The summed E-state index contributed by atoms with van der Waals surface area (Å²) in [5.41, 5.74) is -0.155. The Morgan fingerprint density at radius 1 is 1.53 bits per heavy atom. The minimum atomic E-state index is -0.900. The molecule has 0 rings (SSSR count). The molecule has 6 nitrogen and oxygen atoms in total. The Morgan fingerprint density at radius 3 is 2.40 bits per heavy atom. The first kappa shape index (κ1) is 14.0. The second-order valence-corrected chi connectivity index (χ2v) is 3.46. The lowest BCUT2D eigenvalue weighted by atomic mass is 10.1. The number of aliphatic hydroxyl groups is 2. The Morgan fingerprint density at radius 2 is 2.07 bits per heavy atom. The molecule has 0 spiro atoms. The second kappa shape index (κ2) is 6.49. The molecule has 0 aromatic carbocycles. The van der Waals surface area contributed by atoms with Crippen LogP contribution in [0.5, 0.6) is 0 Å². The summed E-state index contributed by atoms with van der Waals surface area (Å²) in [5.74, 6) is -0.587. The summed E-state index contributed by atoms with van der Waals surface area (Å²) < 4.78 is 0. The van der Waals surface area contributed by atoms with Crippen molar-refractivity contribution in [3.63, 3.8) is 0 Å². The van der Waals surface area contributed by atoms with E-state index in [2.05, 4.69) is 10.6 Å². The minimum Gasteiger partial charge on any atom is -0.394 e. The van der Waals surface area contributed by atoms with Crippen molar-refractivity contribution in [2.45, 2.75) is 32.0 Å². The Labute approximate surface area is 89.2 Å². The summed E-state index contributed by atoms with van der Waals surface area (Å²) >= 11 is 0. The molecular formula is C9H19N3O3. The number of hydrogen-bond acceptors (Lipinski definition) is 5. The van der Waals surface area contributed by atoms with Crippen molar-refractivity contribution in [3.05, 3.63) is 0 Å². The number of carbonyl (C=O) groups is 1. The molecule has 0 radical (unpaired) electrons. The van der Waals surface area contributed by atoms with E-state index in [0.717, 1.165) is 0 Å². The Balaban J connectivity index is 4.36. The number of rotatable bonds is 6. The van der Waals surface area contributed by atoms with Crippen LogP contribution in [0.3, 0.4) is 0 Å². The predicted molar refractivity (Wildman–Crippen MR) is 56.9 cm³/mol. The molecule has 0 aliphatic rings. The van der Waals surface area contributed by atoms with Gasteiger partial charge in [0.25, 0.3) is 5.91 Å². The largest absolute Gasteiger partial charge is 0.394 e. The SMILES string of the molecule is CNC(C)[C@@H](O)[C@H](CO)NC(=O)C(C)=N. The summed E-state index contributed by atoms with van der Waals surface area (Å²) in [6.45, 7) is 2.71. The van der Waals surface area contributed by atoms with E-state index < -0.39 is 18.1 Å². The van der Waals surface area contributed by atoms with Crippen LogP contribution < -0.4 is 10.6 Å². The first-order chi connectivity index (χ1) is 6.93. The van der Waals surface area contributed by atoms with E-state index in [0.29, 0.717) is 0 Å². The third-order valence-electron chi connectivity index (χ3n) is 2.23. The minimum absolute atomic E-state index is 0.155. The zero-order valence-electron chi connectivity index (χ0n) is 9.24. The number of carbonyl (C=O) groups excluding carboxylic acids is 1. The number of nitrogens with one attached hydrogen (secondary N) is 3. The fraction of sp³-hybridized carbons (Fsp3) is 0.778. The molecule has 1 unspecified atom stereocenters. The highest BCUT2D eigenvalue weighted by Gasteiger charge is 2.25. The van der Waals surface area contributed by atoms with Gasteiger partial charge in [-0.15, -0.1) is 0 Å². The van der Waals surface area contributed by atoms with E-state index in [-0.39, 0.29) is 18.4 Å². The molecular weight excluding hydrogens is 198 g/mol. The molecule has 15 heavy (non-hydrogen) atoms. The third kappa shape index (κ3) is 4.37. The highest BCUT2D eigenvalue weighted by molar-refractivity contribution is 6.36. The Kier molecular flexibility index (Phi) is 6.07. The van der Waals surface area contributed by atoms with Gasteiger partial charge in [0.2, 0.25) is 0 Å². The smallest absolute Gasteiger partial charge is 0.265 e. The van der Waals surface area contributed by atoms with Crippen LogP contribution in [0.2, 0.25) is 0 Å². The molecule has 3 atom stereocenters. The van der Waals surface area contributed by atoms with Gasteiger partial charge in [-0.2, -0.15) is 0 Å². The van der Waals surface area contributed by atoms with Crippen LogP contribution in [0.1, 0.15) is 13.8 Å². The van der Waals surface area contributed by atoms with Gasteiger partial charge in [-0.05, 0) is 20.9 Å². The lowest BCUT2D eigenvalue weighted by molar-refractivity contribution is -0.117. The molecule has 1 amide bonds. The van der Waals surface area contributed by atoms with Crippen LogP contribution in [0.15, 0.2) is 0 Å². The standard InChI is InChI=1S/C9H19N3O3/c1-5(10)9(15)12-7(4-13)8(14)6(2)11-3/h6-8,10-11,13-14H,4H2,1-3H3,(H,12,15)/t6?,7-,8+/m0/s1. The maximum Gasteiger partial charge on any atom is 0.265 e. The van der Waals surface area contributed by atoms with Crippen LogP contribution >= 0.6 is 0 Å². The first-order valence-corrected chi connectivity index (χ1v) is 4.76. The summed E-state index contributed by atoms with van der Waals surface area (Å²) in [4.78, 5) is 11.1. The molecule has 0 fully saturated rings. The molecule has 0 aliphatic heterocycles. The number of likely N-dealkylation sites (N-methyl/N-ethyl adjacent to an activating group) is 1. The maximum absolute atomic E-state index is 11.1. The van der Waals surface area contributed by atoms with Crippen LogP contribution in [0, 0.1) is 5.41 Å². The van der Waals surface area contributed by atoms with Crippen LogP contribution in [-0.2, 0) is 4.79 Å². The van der Waals surface area contributed by atoms with Gasteiger partial charge in [-0.1, -0.05) is 0 Å². The average Bonchev–Trinajstić information content (AvgIpc) is 2.23.